The van der Waals surface area contributed by atoms with Crippen LogP contribution in [0.2, 0.25) is 0 Å². The average Bonchev–Trinajstić information content (AvgIpc) is 3.07. The van der Waals surface area contributed by atoms with Crippen molar-refractivity contribution in [1.82, 2.24) is 9.97 Å². The summed E-state index contributed by atoms with van der Waals surface area (Å²) in [6.45, 7) is 2.54. The van der Waals surface area contributed by atoms with E-state index >= 15 is 0 Å². The highest BCUT2D eigenvalue weighted by Gasteiger charge is 2.14. The first-order valence-corrected chi connectivity index (χ1v) is 10.2. The van der Waals surface area contributed by atoms with Crippen LogP contribution >= 0.6 is 27.3 Å². The van der Waals surface area contributed by atoms with Crippen molar-refractivity contribution in [2.75, 3.05) is 18.5 Å². The van der Waals surface area contributed by atoms with Crippen molar-refractivity contribution >= 4 is 44.2 Å². The van der Waals surface area contributed by atoms with Crippen molar-refractivity contribution in [2.45, 2.75) is 13.3 Å². The Labute approximate surface area is 177 Å². The molecule has 0 spiro atoms. The van der Waals surface area contributed by atoms with Gasteiger partial charge in [0.25, 0.3) is 0 Å². The summed E-state index contributed by atoms with van der Waals surface area (Å²) in [4.78, 5) is 23.3. The van der Waals surface area contributed by atoms with Gasteiger partial charge in [-0.3, -0.25) is 0 Å². The smallest absolute Gasteiger partial charge is 0.241 e. The largest absolute Gasteiger partial charge is 0.491 e. The number of aromatic nitrogens is 2. The van der Waals surface area contributed by atoms with Gasteiger partial charge in [-0.15, -0.1) is 11.3 Å². The lowest BCUT2D eigenvalue weighted by Gasteiger charge is -2.08. The molecule has 0 saturated carbocycles. The summed E-state index contributed by atoms with van der Waals surface area (Å²) in [5.41, 5.74) is 0.604. The Balaban J connectivity index is 1.73. The Morgan fingerprint density at radius 1 is 1.24 bits per heavy atom. The quantitative estimate of drug-likeness (QED) is 0.351. The number of carbonyl (C=O) groups excluding carboxylic acids is 1. The fraction of sp³-hybridized carbons (Fsp3) is 0.211. The first kappa shape index (κ1) is 21.0. The monoisotopic (exact) mass is 480 g/mol. The fourth-order valence-corrected chi connectivity index (χ4v) is 3.88. The molecular formula is C19H15BrF2N4O2S. The average molecular weight is 481 g/mol. The number of hydrogen-bond acceptors (Lipinski definition) is 7. The van der Waals surface area contributed by atoms with Crippen LogP contribution in [-0.4, -0.2) is 29.2 Å². The van der Waals surface area contributed by atoms with Gasteiger partial charge in [0.05, 0.1) is 17.2 Å². The molecule has 1 aromatic carbocycles. The molecule has 0 radical (unpaired) electrons. The predicted octanol–water partition coefficient (Wildman–Crippen LogP) is 5.27. The number of isocyanates is 1. The molecule has 1 N–H and O–H groups in total. The van der Waals surface area contributed by atoms with Crippen molar-refractivity contribution in [3.8, 4) is 16.3 Å². The number of thiophene rings is 1. The molecule has 150 valence electrons. The van der Waals surface area contributed by atoms with Crippen LogP contribution < -0.4 is 10.1 Å². The zero-order valence-corrected chi connectivity index (χ0v) is 17.6. The van der Waals surface area contributed by atoms with E-state index in [-0.39, 0.29) is 18.5 Å². The van der Waals surface area contributed by atoms with Crippen LogP contribution in [0, 0.1) is 11.6 Å². The third kappa shape index (κ3) is 5.23. The van der Waals surface area contributed by atoms with Crippen LogP contribution in [0.15, 0.2) is 40.1 Å². The Morgan fingerprint density at radius 2 is 2.00 bits per heavy atom. The molecule has 29 heavy (non-hydrogen) atoms. The maximum Gasteiger partial charge on any atom is 0.241 e. The van der Waals surface area contributed by atoms with Gasteiger partial charge in [0.1, 0.15) is 23.8 Å². The first-order chi connectivity index (χ1) is 14.0. The van der Waals surface area contributed by atoms with E-state index in [9.17, 15) is 13.6 Å². The zero-order chi connectivity index (χ0) is 20.8. The minimum atomic E-state index is -0.604. The topological polar surface area (TPSA) is 76.5 Å². The van der Waals surface area contributed by atoms with Crippen LogP contribution in [-0.2, 0) is 11.2 Å². The molecule has 0 bridgehead atoms. The number of ether oxygens (including phenoxy) is 1. The fourth-order valence-electron chi connectivity index (χ4n) is 2.58. The summed E-state index contributed by atoms with van der Waals surface area (Å²) < 4.78 is 33.7. The van der Waals surface area contributed by atoms with Crippen LogP contribution in [0.25, 0.3) is 10.6 Å². The molecule has 0 fully saturated rings. The van der Waals surface area contributed by atoms with E-state index in [1.807, 2.05) is 6.92 Å². The number of rotatable bonds is 8. The second kappa shape index (κ2) is 9.69. The van der Waals surface area contributed by atoms with E-state index in [0.29, 0.717) is 33.3 Å². The van der Waals surface area contributed by atoms with Crippen LogP contribution in [0.3, 0.4) is 0 Å². The molecule has 10 heteroatoms. The maximum atomic E-state index is 13.9. The number of hydrogen-bond donors (Lipinski definition) is 1. The van der Waals surface area contributed by atoms with Gasteiger partial charge in [0.2, 0.25) is 6.08 Å². The lowest BCUT2D eigenvalue weighted by molar-refractivity contribution is 0.343. The maximum absolute atomic E-state index is 13.9. The predicted molar refractivity (Wildman–Crippen MR) is 111 cm³/mol. The van der Waals surface area contributed by atoms with Crippen LogP contribution in [0.5, 0.6) is 5.75 Å². The SMILES string of the molecule is CCOc1cc(-c2cc(NCCc3c(F)cc(Br)cc3F)ncn2)sc1N=C=O. The van der Waals surface area contributed by atoms with E-state index in [1.165, 1.54) is 35.9 Å². The number of anilines is 1. The Bertz CT molecular complexity index is 1050. The molecule has 0 saturated heterocycles. The second-order valence-electron chi connectivity index (χ2n) is 5.73. The van der Waals surface area contributed by atoms with Crippen molar-refractivity contribution in [3.63, 3.8) is 0 Å². The van der Waals surface area contributed by atoms with Gasteiger partial charge in [-0.25, -0.2) is 23.5 Å². The van der Waals surface area contributed by atoms with E-state index in [1.54, 1.807) is 12.1 Å². The van der Waals surface area contributed by atoms with Crippen molar-refractivity contribution < 1.29 is 18.3 Å². The van der Waals surface area contributed by atoms with Gasteiger partial charge in [-0.05, 0) is 25.5 Å². The van der Waals surface area contributed by atoms with E-state index in [4.69, 9.17) is 4.74 Å². The number of halogens is 3. The normalized spacial score (nSPS) is 10.5. The molecule has 0 unspecified atom stereocenters. The van der Waals surface area contributed by atoms with E-state index in [0.717, 1.165) is 4.88 Å². The molecular weight excluding hydrogens is 466 g/mol. The van der Waals surface area contributed by atoms with Crippen molar-refractivity contribution in [2.24, 2.45) is 4.99 Å². The summed E-state index contributed by atoms with van der Waals surface area (Å²) in [6.07, 6.45) is 3.04. The minimum Gasteiger partial charge on any atom is -0.491 e. The molecule has 0 aliphatic rings. The van der Waals surface area contributed by atoms with E-state index < -0.39 is 11.6 Å². The highest BCUT2D eigenvalue weighted by molar-refractivity contribution is 9.10. The van der Waals surface area contributed by atoms with Gasteiger partial charge in [-0.2, -0.15) is 4.99 Å². The molecule has 0 aliphatic carbocycles. The Morgan fingerprint density at radius 3 is 2.69 bits per heavy atom. The third-order valence-corrected chi connectivity index (χ3v) is 5.32. The highest BCUT2D eigenvalue weighted by atomic mass is 79.9. The van der Waals surface area contributed by atoms with Gasteiger partial charge in [0, 0.05) is 28.7 Å². The first-order valence-electron chi connectivity index (χ1n) is 8.56. The third-order valence-electron chi connectivity index (χ3n) is 3.83. The molecule has 6 nitrogen and oxygen atoms in total. The van der Waals surface area contributed by atoms with Gasteiger partial charge in [0.15, 0.2) is 10.8 Å². The molecule has 2 heterocycles. The van der Waals surface area contributed by atoms with Crippen molar-refractivity contribution in [1.29, 1.82) is 0 Å². The summed E-state index contributed by atoms with van der Waals surface area (Å²) in [7, 11) is 0. The summed E-state index contributed by atoms with van der Waals surface area (Å²) in [5, 5.41) is 3.44. The molecule has 3 rings (SSSR count). The summed E-state index contributed by atoms with van der Waals surface area (Å²) in [6, 6.07) is 5.90. The van der Waals surface area contributed by atoms with Gasteiger partial charge >= 0.3 is 0 Å². The second-order valence-corrected chi connectivity index (χ2v) is 7.68. The lowest BCUT2D eigenvalue weighted by Crippen LogP contribution is -2.09. The zero-order valence-electron chi connectivity index (χ0n) is 15.2. The van der Waals surface area contributed by atoms with Crippen molar-refractivity contribution in [3.05, 3.63) is 52.3 Å². The number of nitrogens with zero attached hydrogens (tertiary/aromatic N) is 3. The lowest BCUT2D eigenvalue weighted by atomic mass is 10.1. The molecule has 0 amide bonds. The number of nitrogens with one attached hydrogen (secondary N) is 1. The van der Waals surface area contributed by atoms with Gasteiger partial charge in [-0.1, -0.05) is 15.9 Å². The summed E-state index contributed by atoms with van der Waals surface area (Å²) in [5.74, 6) is -0.232. The standard InChI is InChI=1S/C19H15BrF2N4O2S/c1-2-28-16-8-17(29-19(16)26-10-27)15-7-18(25-9-24-15)23-4-3-12-13(21)5-11(20)6-14(12)22/h5-9H,2-4H2,1H3,(H,23,24,25). The highest BCUT2D eigenvalue weighted by Crippen LogP contribution is 2.41. The minimum absolute atomic E-state index is 0.00552. The van der Waals surface area contributed by atoms with Crippen LogP contribution in [0.4, 0.5) is 19.6 Å². The number of aliphatic imine (C=N–C) groups is 1. The Hall–Kier alpha value is -2.68. The Kier molecular flexibility index (Phi) is 7.03. The molecule has 0 atom stereocenters. The molecule has 0 aliphatic heterocycles. The molecule has 3 aromatic rings. The van der Waals surface area contributed by atoms with E-state index in [2.05, 4.69) is 36.2 Å². The summed E-state index contributed by atoms with van der Waals surface area (Å²) >= 11 is 4.30. The van der Waals surface area contributed by atoms with Gasteiger partial charge < -0.3 is 10.1 Å². The number of benzene rings is 1. The van der Waals surface area contributed by atoms with Crippen LogP contribution in [0.1, 0.15) is 12.5 Å². The molecule has 2 aromatic heterocycles.